The molecule has 4 aromatic rings. The summed E-state index contributed by atoms with van der Waals surface area (Å²) in [7, 11) is 0. The van der Waals surface area contributed by atoms with Crippen molar-refractivity contribution in [2.75, 3.05) is 10.7 Å². The zero-order valence-electron chi connectivity index (χ0n) is 19.9. The molecule has 1 atom stereocenters. The van der Waals surface area contributed by atoms with Crippen LogP contribution in [0.25, 0.3) is 0 Å². The SMILES string of the molecule is Cc1ccc(OCc2nnc(SCC(=O)N3c4ccccc4C[C@H]3C)n2Cc2ccccc2)cc1. The first kappa shape index (κ1) is 23.2. The Bertz CT molecular complexity index is 1300. The van der Waals surface area contributed by atoms with Gasteiger partial charge in [-0.3, -0.25) is 9.36 Å². The molecule has 6 nitrogen and oxygen atoms in total. The molecule has 0 saturated heterocycles. The Balaban J connectivity index is 1.33. The molecule has 0 fully saturated rings. The summed E-state index contributed by atoms with van der Waals surface area (Å²) < 4.78 is 8.04. The number of benzene rings is 3. The number of aryl methyl sites for hydroxylation is 1. The Morgan fingerprint density at radius 2 is 1.74 bits per heavy atom. The molecule has 3 aromatic carbocycles. The van der Waals surface area contributed by atoms with Crippen molar-refractivity contribution in [1.82, 2.24) is 14.8 Å². The lowest BCUT2D eigenvalue weighted by molar-refractivity contribution is -0.116. The minimum atomic E-state index is 0.0826. The van der Waals surface area contributed by atoms with Crippen LogP contribution in [0, 0.1) is 6.92 Å². The van der Waals surface area contributed by atoms with E-state index >= 15 is 0 Å². The minimum Gasteiger partial charge on any atom is -0.486 e. The smallest absolute Gasteiger partial charge is 0.237 e. The molecule has 2 heterocycles. The van der Waals surface area contributed by atoms with Gasteiger partial charge < -0.3 is 9.64 Å². The third-order valence-corrected chi connectivity index (χ3v) is 7.12. The number of carbonyl (C=O) groups excluding carboxylic acids is 1. The summed E-state index contributed by atoms with van der Waals surface area (Å²) in [5, 5.41) is 9.55. The van der Waals surface area contributed by atoms with Gasteiger partial charge in [-0.05, 0) is 49.6 Å². The standard InChI is InChI=1S/C28H28N4O2S/c1-20-12-14-24(15-13-20)34-18-26-29-30-28(31(26)17-22-8-4-3-5-9-22)35-19-27(33)32-21(2)16-23-10-6-7-11-25(23)32/h3-15,21H,16-19H2,1-2H3/t21-/m1/s1. The number of anilines is 1. The van der Waals surface area contributed by atoms with E-state index < -0.39 is 0 Å². The summed E-state index contributed by atoms with van der Waals surface area (Å²) in [4.78, 5) is 15.1. The third kappa shape index (κ3) is 5.25. The van der Waals surface area contributed by atoms with Gasteiger partial charge in [0.2, 0.25) is 5.91 Å². The zero-order valence-corrected chi connectivity index (χ0v) is 20.7. The molecule has 5 rings (SSSR count). The van der Waals surface area contributed by atoms with Crippen molar-refractivity contribution >= 4 is 23.4 Å². The predicted molar refractivity (Wildman–Crippen MR) is 139 cm³/mol. The largest absolute Gasteiger partial charge is 0.486 e. The molecule has 0 radical (unpaired) electrons. The Hall–Kier alpha value is -3.58. The van der Waals surface area contributed by atoms with Gasteiger partial charge in [0.25, 0.3) is 0 Å². The monoisotopic (exact) mass is 484 g/mol. The Morgan fingerprint density at radius 1 is 1.00 bits per heavy atom. The van der Waals surface area contributed by atoms with Crippen LogP contribution in [0.15, 0.2) is 84.0 Å². The van der Waals surface area contributed by atoms with Crippen LogP contribution >= 0.6 is 11.8 Å². The highest BCUT2D eigenvalue weighted by Gasteiger charge is 2.30. The number of hydrogen-bond donors (Lipinski definition) is 0. The van der Waals surface area contributed by atoms with Gasteiger partial charge in [0, 0.05) is 11.7 Å². The molecular formula is C28H28N4O2S. The number of fused-ring (bicyclic) bond motifs is 1. The Labute approximate surface area is 210 Å². The molecule has 1 aliphatic rings. The summed E-state index contributed by atoms with van der Waals surface area (Å²) in [6.45, 7) is 5.06. The third-order valence-electron chi connectivity index (χ3n) is 6.17. The van der Waals surface area contributed by atoms with Crippen molar-refractivity contribution in [2.24, 2.45) is 0 Å². The van der Waals surface area contributed by atoms with Crippen LogP contribution in [-0.2, 0) is 24.4 Å². The van der Waals surface area contributed by atoms with Crippen LogP contribution in [0.2, 0.25) is 0 Å². The summed E-state index contributed by atoms with van der Waals surface area (Å²) >= 11 is 1.42. The van der Waals surface area contributed by atoms with Gasteiger partial charge in [-0.1, -0.05) is 78.0 Å². The number of carbonyl (C=O) groups is 1. The summed E-state index contributed by atoms with van der Waals surface area (Å²) in [6.07, 6.45) is 0.886. The van der Waals surface area contributed by atoms with Gasteiger partial charge >= 0.3 is 0 Å². The van der Waals surface area contributed by atoms with E-state index in [1.54, 1.807) is 0 Å². The second-order valence-electron chi connectivity index (χ2n) is 8.81. The lowest BCUT2D eigenvalue weighted by Gasteiger charge is -2.22. The average Bonchev–Trinajstić information content (AvgIpc) is 3.42. The van der Waals surface area contributed by atoms with Gasteiger partial charge in [-0.25, -0.2) is 0 Å². The van der Waals surface area contributed by atoms with Crippen molar-refractivity contribution in [2.45, 2.75) is 44.6 Å². The summed E-state index contributed by atoms with van der Waals surface area (Å²) in [6, 6.07) is 26.4. The van der Waals surface area contributed by atoms with Crippen LogP contribution in [0.3, 0.4) is 0 Å². The van der Waals surface area contributed by atoms with Crippen LogP contribution in [0.4, 0.5) is 5.69 Å². The fraction of sp³-hybridized carbons (Fsp3) is 0.250. The molecule has 178 valence electrons. The molecule has 0 spiro atoms. The van der Waals surface area contributed by atoms with Crippen LogP contribution < -0.4 is 9.64 Å². The van der Waals surface area contributed by atoms with Crippen LogP contribution in [0.5, 0.6) is 5.75 Å². The molecule has 0 saturated carbocycles. The zero-order chi connectivity index (χ0) is 24.2. The molecule has 1 amide bonds. The normalized spacial score (nSPS) is 14.7. The summed E-state index contributed by atoms with van der Waals surface area (Å²) in [5.74, 6) is 1.89. The van der Waals surface area contributed by atoms with E-state index in [0.717, 1.165) is 29.2 Å². The van der Waals surface area contributed by atoms with Gasteiger partial charge in [0.05, 0.1) is 12.3 Å². The van der Waals surface area contributed by atoms with E-state index in [2.05, 4.69) is 35.3 Å². The van der Waals surface area contributed by atoms with Crippen LogP contribution in [-0.4, -0.2) is 32.5 Å². The quantitative estimate of drug-likeness (QED) is 0.318. The lowest BCUT2D eigenvalue weighted by Crippen LogP contribution is -2.37. The molecular weight excluding hydrogens is 456 g/mol. The molecule has 0 bridgehead atoms. The number of para-hydroxylation sites is 1. The number of hydrogen-bond acceptors (Lipinski definition) is 5. The predicted octanol–water partition coefficient (Wildman–Crippen LogP) is 5.28. The second kappa shape index (κ2) is 10.4. The van der Waals surface area contributed by atoms with E-state index in [0.29, 0.717) is 24.1 Å². The molecule has 0 unspecified atom stereocenters. The maximum absolute atomic E-state index is 13.2. The molecule has 1 aromatic heterocycles. The highest BCUT2D eigenvalue weighted by Crippen LogP contribution is 2.33. The molecule has 0 aliphatic carbocycles. The maximum atomic E-state index is 13.2. The highest BCUT2D eigenvalue weighted by atomic mass is 32.2. The van der Waals surface area contributed by atoms with Gasteiger partial charge in [0.15, 0.2) is 11.0 Å². The molecule has 35 heavy (non-hydrogen) atoms. The van der Waals surface area contributed by atoms with E-state index in [1.807, 2.05) is 77.1 Å². The molecule has 1 aliphatic heterocycles. The van der Waals surface area contributed by atoms with E-state index in [-0.39, 0.29) is 11.9 Å². The molecule has 7 heteroatoms. The Kier molecular flexibility index (Phi) is 6.86. The van der Waals surface area contributed by atoms with E-state index in [9.17, 15) is 4.79 Å². The van der Waals surface area contributed by atoms with Gasteiger partial charge in [-0.2, -0.15) is 0 Å². The van der Waals surface area contributed by atoms with Crippen molar-refractivity contribution < 1.29 is 9.53 Å². The number of ether oxygens (including phenoxy) is 1. The number of rotatable bonds is 8. The van der Waals surface area contributed by atoms with Crippen LogP contribution in [0.1, 0.15) is 29.4 Å². The number of aromatic nitrogens is 3. The van der Waals surface area contributed by atoms with Gasteiger partial charge in [-0.15, -0.1) is 10.2 Å². The number of thioether (sulfide) groups is 1. The van der Waals surface area contributed by atoms with Crippen molar-refractivity contribution in [3.8, 4) is 5.75 Å². The fourth-order valence-electron chi connectivity index (χ4n) is 4.38. The average molecular weight is 485 g/mol. The topological polar surface area (TPSA) is 60.3 Å². The first-order valence-electron chi connectivity index (χ1n) is 11.8. The van der Waals surface area contributed by atoms with Crippen molar-refractivity contribution in [3.05, 3.63) is 101 Å². The lowest BCUT2D eigenvalue weighted by atomic mass is 10.1. The first-order valence-corrected chi connectivity index (χ1v) is 12.8. The van der Waals surface area contributed by atoms with E-state index in [1.165, 1.54) is 22.9 Å². The number of nitrogens with zero attached hydrogens (tertiary/aromatic N) is 4. The fourth-order valence-corrected chi connectivity index (χ4v) is 5.20. The first-order chi connectivity index (χ1) is 17.1. The van der Waals surface area contributed by atoms with Crippen molar-refractivity contribution in [1.29, 1.82) is 0 Å². The number of amides is 1. The second-order valence-corrected chi connectivity index (χ2v) is 9.75. The van der Waals surface area contributed by atoms with E-state index in [4.69, 9.17) is 4.74 Å². The Morgan fingerprint density at radius 3 is 2.54 bits per heavy atom. The summed E-state index contributed by atoms with van der Waals surface area (Å²) in [5.41, 5.74) is 4.56. The maximum Gasteiger partial charge on any atom is 0.237 e. The minimum absolute atomic E-state index is 0.0826. The van der Waals surface area contributed by atoms with Crippen molar-refractivity contribution in [3.63, 3.8) is 0 Å². The van der Waals surface area contributed by atoms with Gasteiger partial charge in [0.1, 0.15) is 12.4 Å². The molecule has 0 N–H and O–H groups in total. The highest BCUT2D eigenvalue weighted by molar-refractivity contribution is 7.99.